The number of aryl methyl sites for hydroxylation is 1. The molecule has 2 N–H and O–H groups in total. The zero-order chi connectivity index (χ0) is 20.4. The molecule has 0 bridgehead atoms. The van der Waals surface area contributed by atoms with Gasteiger partial charge in [0.2, 0.25) is 0 Å². The first-order chi connectivity index (χ1) is 13.3. The van der Waals surface area contributed by atoms with Crippen molar-refractivity contribution >= 4 is 23.2 Å². The van der Waals surface area contributed by atoms with Crippen molar-refractivity contribution in [3.63, 3.8) is 0 Å². The van der Waals surface area contributed by atoms with Crippen LogP contribution < -0.4 is 5.73 Å². The van der Waals surface area contributed by atoms with E-state index in [4.69, 9.17) is 10.3 Å². The Kier molecular flexibility index (Phi) is 5.83. The van der Waals surface area contributed by atoms with E-state index in [1.807, 2.05) is 31.2 Å². The zero-order valence-electron chi connectivity index (χ0n) is 15.6. The predicted molar refractivity (Wildman–Crippen MR) is 104 cm³/mol. The Morgan fingerprint density at radius 1 is 1.36 bits per heavy atom. The summed E-state index contributed by atoms with van der Waals surface area (Å²) in [6.45, 7) is 2.05. The fourth-order valence-corrected chi connectivity index (χ4v) is 3.34. The lowest BCUT2D eigenvalue weighted by molar-refractivity contribution is -0.0578. The highest BCUT2D eigenvalue weighted by molar-refractivity contribution is 7.98. The summed E-state index contributed by atoms with van der Waals surface area (Å²) in [5.74, 6) is 0.800. The molecule has 0 spiro atoms. The van der Waals surface area contributed by atoms with Gasteiger partial charge in [0, 0.05) is 12.3 Å². The molecule has 0 atom stereocenters. The molecule has 1 aliphatic rings. The van der Waals surface area contributed by atoms with Crippen LogP contribution in [0.25, 0.3) is 5.70 Å². The predicted octanol–water partition coefficient (Wildman–Crippen LogP) is 4.12. The molecule has 150 valence electrons. The van der Waals surface area contributed by atoms with E-state index in [1.165, 1.54) is 11.8 Å². The van der Waals surface area contributed by atoms with Gasteiger partial charge in [-0.3, -0.25) is 4.99 Å². The van der Waals surface area contributed by atoms with Gasteiger partial charge >= 0.3 is 6.18 Å². The number of aromatic nitrogens is 2. The summed E-state index contributed by atoms with van der Waals surface area (Å²) in [5, 5.41) is 4.00. The van der Waals surface area contributed by atoms with Gasteiger partial charge in [0.15, 0.2) is 5.82 Å². The van der Waals surface area contributed by atoms with E-state index in [9.17, 15) is 13.2 Å². The highest BCUT2D eigenvalue weighted by atomic mass is 32.2. The highest BCUT2D eigenvalue weighted by Crippen LogP contribution is 2.53. The Balaban J connectivity index is 1.88. The van der Waals surface area contributed by atoms with Crippen LogP contribution in [0.4, 0.5) is 13.2 Å². The molecule has 1 aromatic heterocycles. The van der Waals surface area contributed by atoms with Gasteiger partial charge in [0.1, 0.15) is 5.71 Å². The molecule has 0 aliphatic heterocycles. The molecule has 5 nitrogen and oxygen atoms in total. The normalized spacial score (nSPS) is 17.0. The summed E-state index contributed by atoms with van der Waals surface area (Å²) in [5.41, 5.74) is 6.36. The third-order valence-corrected chi connectivity index (χ3v) is 5.26. The third kappa shape index (κ3) is 4.24. The first-order valence-corrected chi connectivity index (χ1v) is 10.2. The van der Waals surface area contributed by atoms with E-state index in [-0.39, 0.29) is 23.5 Å². The fraction of sp³-hybridized carbons (Fsp3) is 0.421. The van der Waals surface area contributed by atoms with Crippen molar-refractivity contribution in [2.24, 2.45) is 10.7 Å². The topological polar surface area (TPSA) is 77.3 Å². The van der Waals surface area contributed by atoms with Gasteiger partial charge in [-0.25, -0.2) is 0 Å². The number of allylic oxidation sites excluding steroid dienone is 1. The number of rotatable bonds is 7. The van der Waals surface area contributed by atoms with Crippen LogP contribution in [0.2, 0.25) is 0 Å². The molecular weight excluding hydrogens is 389 g/mol. The molecule has 0 radical (unpaired) electrons. The molecule has 28 heavy (non-hydrogen) atoms. The van der Waals surface area contributed by atoms with Gasteiger partial charge in [-0.05, 0) is 43.2 Å². The second-order valence-electron chi connectivity index (χ2n) is 6.68. The standard InChI is InChI=1S/C19H21F3N4OS/c1-12-5-3-4-6-13(12)18(7-8-18)17-25-16(27-26-17)14(23)11-15(19(20,21)22)24-9-10-28-2/h3-6,11H,7-10,23H2,1-2H3/b14-11-,24-15?. The first kappa shape index (κ1) is 20.4. The maximum Gasteiger partial charge on any atom is 0.432 e. The lowest BCUT2D eigenvalue weighted by atomic mass is 9.91. The molecule has 1 fully saturated rings. The summed E-state index contributed by atoms with van der Waals surface area (Å²) in [6, 6.07) is 7.91. The van der Waals surface area contributed by atoms with Gasteiger partial charge in [-0.15, -0.1) is 0 Å². The Labute approximate surface area is 165 Å². The van der Waals surface area contributed by atoms with Crippen molar-refractivity contribution in [2.75, 3.05) is 18.6 Å². The van der Waals surface area contributed by atoms with Crippen LogP contribution in [0, 0.1) is 6.92 Å². The van der Waals surface area contributed by atoms with E-state index in [0.29, 0.717) is 11.6 Å². The van der Waals surface area contributed by atoms with Gasteiger partial charge in [0.25, 0.3) is 5.89 Å². The van der Waals surface area contributed by atoms with Crippen molar-refractivity contribution in [2.45, 2.75) is 31.4 Å². The van der Waals surface area contributed by atoms with Gasteiger partial charge in [0.05, 0.1) is 11.1 Å². The van der Waals surface area contributed by atoms with Crippen LogP contribution in [-0.4, -0.2) is 40.6 Å². The van der Waals surface area contributed by atoms with Crippen molar-refractivity contribution < 1.29 is 17.7 Å². The fourth-order valence-electron chi connectivity index (χ4n) is 3.07. The van der Waals surface area contributed by atoms with Crippen LogP contribution in [0.3, 0.4) is 0 Å². The minimum atomic E-state index is -4.61. The Bertz CT molecular complexity index is 901. The number of hydrogen-bond acceptors (Lipinski definition) is 6. The van der Waals surface area contributed by atoms with Gasteiger partial charge < -0.3 is 10.3 Å². The second-order valence-corrected chi connectivity index (χ2v) is 7.66. The van der Waals surface area contributed by atoms with Crippen LogP contribution in [0.15, 0.2) is 39.9 Å². The maximum atomic E-state index is 13.2. The smallest absolute Gasteiger partial charge is 0.394 e. The molecule has 1 aromatic carbocycles. The van der Waals surface area contributed by atoms with Crippen LogP contribution in [-0.2, 0) is 5.41 Å². The number of benzene rings is 1. The summed E-state index contributed by atoms with van der Waals surface area (Å²) in [6.07, 6.45) is -0.348. The van der Waals surface area contributed by atoms with E-state index in [1.54, 1.807) is 6.26 Å². The maximum absolute atomic E-state index is 13.2. The molecule has 0 amide bonds. The Hall–Kier alpha value is -2.29. The minimum absolute atomic E-state index is 0.0469. The lowest BCUT2D eigenvalue weighted by Crippen LogP contribution is -2.23. The van der Waals surface area contributed by atoms with Gasteiger partial charge in [-0.2, -0.15) is 29.9 Å². The minimum Gasteiger partial charge on any atom is -0.394 e. The number of thioether (sulfide) groups is 1. The molecular formula is C19H21F3N4OS. The van der Waals surface area contributed by atoms with Crippen molar-refractivity contribution in [1.82, 2.24) is 10.1 Å². The Morgan fingerprint density at radius 2 is 2.07 bits per heavy atom. The second kappa shape index (κ2) is 7.98. The van der Waals surface area contributed by atoms with Crippen LogP contribution in [0.5, 0.6) is 0 Å². The van der Waals surface area contributed by atoms with Crippen LogP contribution >= 0.6 is 11.8 Å². The molecule has 3 rings (SSSR count). The quantitative estimate of drug-likeness (QED) is 0.549. The number of hydrogen-bond donors (Lipinski definition) is 1. The summed E-state index contributed by atoms with van der Waals surface area (Å²) < 4.78 is 44.7. The van der Waals surface area contributed by atoms with Crippen LogP contribution in [0.1, 0.15) is 35.7 Å². The summed E-state index contributed by atoms with van der Waals surface area (Å²) in [7, 11) is 0. The molecule has 1 saturated carbocycles. The van der Waals surface area contributed by atoms with Crippen molar-refractivity contribution in [3.8, 4) is 0 Å². The third-order valence-electron chi connectivity index (χ3n) is 4.67. The number of halogens is 3. The SMILES string of the molecule is CSCCN=C(/C=C(\N)c1nc(C2(c3ccccc3C)CC2)no1)C(F)(F)F. The average molecular weight is 410 g/mol. The number of nitrogens with two attached hydrogens (primary N) is 1. The summed E-state index contributed by atoms with van der Waals surface area (Å²) in [4.78, 5) is 7.90. The highest BCUT2D eigenvalue weighted by Gasteiger charge is 2.50. The van der Waals surface area contributed by atoms with Crippen molar-refractivity contribution in [1.29, 1.82) is 0 Å². The molecule has 9 heteroatoms. The number of aliphatic imine (C=N–C) groups is 1. The van der Waals surface area contributed by atoms with E-state index >= 15 is 0 Å². The number of nitrogens with zero attached hydrogens (tertiary/aromatic N) is 3. The van der Waals surface area contributed by atoms with E-state index in [0.717, 1.165) is 30.0 Å². The monoisotopic (exact) mass is 410 g/mol. The molecule has 2 aromatic rings. The number of alkyl halides is 3. The largest absolute Gasteiger partial charge is 0.432 e. The van der Waals surface area contributed by atoms with E-state index < -0.39 is 11.9 Å². The average Bonchev–Trinajstić information content (AvgIpc) is 3.28. The first-order valence-electron chi connectivity index (χ1n) is 8.76. The summed E-state index contributed by atoms with van der Waals surface area (Å²) >= 11 is 1.41. The van der Waals surface area contributed by atoms with Crippen molar-refractivity contribution in [3.05, 3.63) is 53.2 Å². The van der Waals surface area contributed by atoms with E-state index in [2.05, 4.69) is 15.1 Å². The Morgan fingerprint density at radius 3 is 2.68 bits per heavy atom. The zero-order valence-corrected chi connectivity index (χ0v) is 16.4. The molecule has 1 heterocycles. The lowest BCUT2D eigenvalue weighted by Gasteiger charge is -2.13. The molecule has 0 saturated heterocycles. The van der Waals surface area contributed by atoms with Gasteiger partial charge in [-0.1, -0.05) is 29.4 Å². The molecule has 0 unspecified atom stereocenters. The molecule has 1 aliphatic carbocycles.